The molecular weight excluding hydrogens is 290 g/mol. The molecule has 0 amide bonds. The predicted molar refractivity (Wildman–Crippen MR) is 80.4 cm³/mol. The Labute approximate surface area is 121 Å². The minimum Gasteiger partial charge on any atom is -0.370 e. The van der Waals surface area contributed by atoms with Crippen molar-refractivity contribution in [3.63, 3.8) is 0 Å². The molecule has 106 valence electrons. The highest BCUT2D eigenvalue weighted by Gasteiger charge is 2.41. The molecule has 2 nitrogen and oxygen atoms in total. The van der Waals surface area contributed by atoms with Gasteiger partial charge in [-0.25, -0.2) is 0 Å². The van der Waals surface area contributed by atoms with Crippen LogP contribution in [0.4, 0.5) is 0 Å². The molecule has 0 aromatic rings. The molecule has 1 saturated heterocycles. The van der Waals surface area contributed by atoms with Crippen LogP contribution in [0.5, 0.6) is 0 Å². The van der Waals surface area contributed by atoms with E-state index in [0.29, 0.717) is 6.10 Å². The van der Waals surface area contributed by atoms with Gasteiger partial charge in [-0.15, -0.1) is 0 Å². The van der Waals surface area contributed by atoms with Gasteiger partial charge in [-0.3, -0.25) is 4.90 Å². The van der Waals surface area contributed by atoms with Crippen molar-refractivity contribution in [3.05, 3.63) is 0 Å². The second-order valence-electron chi connectivity index (χ2n) is 6.85. The average Bonchev–Trinajstić information content (AvgIpc) is 2.73. The van der Waals surface area contributed by atoms with E-state index >= 15 is 0 Å². The van der Waals surface area contributed by atoms with Gasteiger partial charge in [0.1, 0.15) is 0 Å². The van der Waals surface area contributed by atoms with Gasteiger partial charge in [-0.1, -0.05) is 35.2 Å². The second kappa shape index (κ2) is 5.80. The number of halogens is 1. The van der Waals surface area contributed by atoms with E-state index in [9.17, 15) is 0 Å². The van der Waals surface area contributed by atoms with Crippen LogP contribution >= 0.6 is 15.9 Å². The molecule has 1 atom stereocenters. The molecule has 1 saturated carbocycles. The molecule has 0 N–H and O–H groups in total. The minimum absolute atomic E-state index is 0.214. The number of rotatable bonds is 4. The molecule has 0 bridgehead atoms. The maximum atomic E-state index is 6.44. The zero-order valence-corrected chi connectivity index (χ0v) is 13.8. The number of alkyl halides is 1. The van der Waals surface area contributed by atoms with E-state index < -0.39 is 0 Å². The van der Waals surface area contributed by atoms with E-state index in [1.165, 1.54) is 44.9 Å². The van der Waals surface area contributed by atoms with E-state index in [0.717, 1.165) is 11.9 Å². The Morgan fingerprint density at radius 1 is 1.22 bits per heavy atom. The molecular formula is C15H28BrNO. The topological polar surface area (TPSA) is 12.5 Å². The first-order valence-electron chi connectivity index (χ1n) is 7.42. The van der Waals surface area contributed by atoms with Crippen LogP contribution in [-0.2, 0) is 4.74 Å². The highest BCUT2D eigenvalue weighted by Crippen LogP contribution is 2.42. The fourth-order valence-corrected chi connectivity index (χ4v) is 3.67. The maximum Gasteiger partial charge on any atom is 0.0710 e. The maximum absolute atomic E-state index is 6.44. The van der Waals surface area contributed by atoms with Crippen molar-refractivity contribution >= 4 is 15.9 Å². The number of ether oxygens (including phenoxy) is 1. The smallest absolute Gasteiger partial charge is 0.0710 e. The number of hydrogen-bond acceptors (Lipinski definition) is 2. The van der Waals surface area contributed by atoms with Crippen LogP contribution in [0, 0.1) is 0 Å². The third-order valence-corrected chi connectivity index (χ3v) is 6.31. The Bertz CT molecular complexity index is 274. The average molecular weight is 318 g/mol. The lowest BCUT2D eigenvalue weighted by molar-refractivity contribution is -0.0752. The van der Waals surface area contributed by atoms with Crippen molar-refractivity contribution in [2.75, 3.05) is 18.9 Å². The minimum atomic E-state index is 0.214. The third kappa shape index (κ3) is 3.29. The number of nitrogens with zero attached hydrogens (tertiary/aromatic N) is 1. The Kier molecular flexibility index (Phi) is 4.77. The third-order valence-electron chi connectivity index (χ3n) is 4.94. The van der Waals surface area contributed by atoms with Crippen molar-refractivity contribution < 1.29 is 4.74 Å². The number of hydrogen-bond donors (Lipinski definition) is 0. The molecule has 18 heavy (non-hydrogen) atoms. The van der Waals surface area contributed by atoms with Crippen molar-refractivity contribution in [1.82, 2.24) is 4.90 Å². The van der Waals surface area contributed by atoms with Crippen molar-refractivity contribution in [2.45, 2.75) is 76.0 Å². The van der Waals surface area contributed by atoms with Gasteiger partial charge in [0.05, 0.1) is 11.7 Å². The molecule has 0 radical (unpaired) electrons. The highest BCUT2D eigenvalue weighted by atomic mass is 79.9. The first-order chi connectivity index (χ1) is 8.47. The summed E-state index contributed by atoms with van der Waals surface area (Å²) < 4.78 is 6.44. The van der Waals surface area contributed by atoms with Gasteiger partial charge in [0.2, 0.25) is 0 Å². The predicted octanol–water partition coefficient (Wildman–Crippen LogP) is 3.97. The normalized spacial score (nSPS) is 28.2. The SMILES string of the molecule is CN(CC1CCC2(CCCCC2)O1)C(C)(C)CBr. The quantitative estimate of drug-likeness (QED) is 0.727. The van der Waals surface area contributed by atoms with E-state index in [2.05, 4.69) is 41.7 Å². The fourth-order valence-electron chi connectivity index (χ4n) is 3.24. The highest BCUT2D eigenvalue weighted by molar-refractivity contribution is 9.09. The Morgan fingerprint density at radius 2 is 1.89 bits per heavy atom. The summed E-state index contributed by atoms with van der Waals surface area (Å²) in [5.41, 5.74) is 0.480. The van der Waals surface area contributed by atoms with Crippen LogP contribution in [0.1, 0.15) is 58.8 Å². The van der Waals surface area contributed by atoms with Crippen LogP contribution in [0.2, 0.25) is 0 Å². The van der Waals surface area contributed by atoms with Crippen molar-refractivity contribution in [3.8, 4) is 0 Å². The molecule has 0 aromatic heterocycles. The van der Waals surface area contributed by atoms with Gasteiger partial charge >= 0.3 is 0 Å². The van der Waals surface area contributed by atoms with Gasteiger partial charge < -0.3 is 4.74 Å². The van der Waals surface area contributed by atoms with Crippen LogP contribution < -0.4 is 0 Å². The zero-order chi connectivity index (χ0) is 13.2. The van der Waals surface area contributed by atoms with Crippen LogP contribution in [-0.4, -0.2) is 41.1 Å². The standard InChI is InChI=1S/C15H28BrNO/c1-14(2,12-16)17(3)11-13-7-10-15(18-13)8-5-4-6-9-15/h13H,4-12H2,1-3H3. The van der Waals surface area contributed by atoms with E-state index in [-0.39, 0.29) is 11.1 Å². The largest absolute Gasteiger partial charge is 0.370 e. The van der Waals surface area contributed by atoms with Crippen LogP contribution in [0.3, 0.4) is 0 Å². The summed E-state index contributed by atoms with van der Waals surface area (Å²) in [5.74, 6) is 0. The Hall–Kier alpha value is 0.400. The molecule has 1 aliphatic heterocycles. The first-order valence-corrected chi connectivity index (χ1v) is 8.55. The van der Waals surface area contributed by atoms with Gasteiger partial charge in [0.25, 0.3) is 0 Å². The lowest BCUT2D eigenvalue weighted by Crippen LogP contribution is -2.46. The van der Waals surface area contributed by atoms with Gasteiger partial charge in [-0.2, -0.15) is 0 Å². The molecule has 2 rings (SSSR count). The van der Waals surface area contributed by atoms with Crippen LogP contribution in [0.15, 0.2) is 0 Å². The second-order valence-corrected chi connectivity index (χ2v) is 7.41. The lowest BCUT2D eigenvalue weighted by Gasteiger charge is -2.37. The summed E-state index contributed by atoms with van der Waals surface area (Å²) in [4.78, 5) is 2.44. The first kappa shape index (κ1) is 14.8. The summed E-state index contributed by atoms with van der Waals surface area (Å²) in [5, 5.41) is 1.01. The van der Waals surface area contributed by atoms with E-state index in [1.807, 2.05) is 0 Å². The van der Waals surface area contributed by atoms with E-state index in [4.69, 9.17) is 4.74 Å². The van der Waals surface area contributed by atoms with Crippen LogP contribution in [0.25, 0.3) is 0 Å². The molecule has 1 heterocycles. The summed E-state index contributed by atoms with van der Waals surface area (Å²) in [6.07, 6.45) is 9.75. The van der Waals surface area contributed by atoms with Gasteiger partial charge in [-0.05, 0) is 46.6 Å². The molecule has 1 unspecified atom stereocenters. The summed E-state index contributed by atoms with van der Waals surface area (Å²) in [6, 6.07) is 0. The lowest BCUT2D eigenvalue weighted by atomic mass is 9.83. The molecule has 2 aliphatic rings. The Balaban J connectivity index is 1.85. The summed E-state index contributed by atoms with van der Waals surface area (Å²) in [7, 11) is 2.22. The fraction of sp³-hybridized carbons (Fsp3) is 1.00. The summed E-state index contributed by atoms with van der Waals surface area (Å²) in [6.45, 7) is 5.64. The summed E-state index contributed by atoms with van der Waals surface area (Å²) >= 11 is 3.61. The molecule has 3 heteroatoms. The van der Waals surface area contributed by atoms with Crippen molar-refractivity contribution in [2.24, 2.45) is 0 Å². The van der Waals surface area contributed by atoms with Gasteiger partial charge in [0, 0.05) is 17.4 Å². The molecule has 2 fully saturated rings. The molecule has 1 spiro atoms. The number of likely N-dealkylation sites (N-methyl/N-ethyl adjacent to an activating group) is 1. The van der Waals surface area contributed by atoms with Gasteiger partial charge in [0.15, 0.2) is 0 Å². The zero-order valence-electron chi connectivity index (χ0n) is 12.2. The Morgan fingerprint density at radius 3 is 2.50 bits per heavy atom. The monoisotopic (exact) mass is 317 g/mol. The van der Waals surface area contributed by atoms with E-state index in [1.54, 1.807) is 0 Å². The molecule has 0 aromatic carbocycles. The molecule has 1 aliphatic carbocycles. The van der Waals surface area contributed by atoms with Crippen molar-refractivity contribution in [1.29, 1.82) is 0 Å².